The number of carbonyl (C=O) groups excluding carboxylic acids is 1. The minimum atomic E-state index is -0.355. The number of para-hydroxylation sites is 2. The number of hydrogen-bond donors (Lipinski definition) is 2. The van der Waals surface area contributed by atoms with Gasteiger partial charge in [-0.1, -0.05) is 42.0 Å². The van der Waals surface area contributed by atoms with Crippen molar-refractivity contribution in [1.82, 2.24) is 0 Å². The summed E-state index contributed by atoms with van der Waals surface area (Å²) >= 11 is 0. The number of anilines is 1. The van der Waals surface area contributed by atoms with E-state index in [0.717, 1.165) is 24.3 Å². The molecule has 0 heterocycles. The molecule has 0 aliphatic carbocycles. The second kappa shape index (κ2) is 8.96. The van der Waals surface area contributed by atoms with Crippen molar-refractivity contribution in [3.63, 3.8) is 0 Å². The Bertz CT molecular complexity index is 670. The molecule has 0 aliphatic heterocycles. The van der Waals surface area contributed by atoms with Crippen LogP contribution in [0.5, 0.6) is 5.75 Å². The lowest BCUT2D eigenvalue weighted by molar-refractivity contribution is -0.118. The molecule has 0 bridgehead atoms. The van der Waals surface area contributed by atoms with Gasteiger partial charge in [-0.3, -0.25) is 4.79 Å². The van der Waals surface area contributed by atoms with Crippen LogP contribution in [-0.4, -0.2) is 18.6 Å². The van der Waals surface area contributed by atoms with Gasteiger partial charge in [-0.15, -0.1) is 0 Å². The van der Waals surface area contributed by atoms with Gasteiger partial charge in [0.05, 0.1) is 18.7 Å². The first kappa shape index (κ1) is 17.9. The molecule has 2 aromatic carbocycles. The van der Waals surface area contributed by atoms with E-state index in [1.807, 2.05) is 24.3 Å². The van der Waals surface area contributed by atoms with E-state index < -0.39 is 0 Å². The van der Waals surface area contributed by atoms with Gasteiger partial charge in [0.2, 0.25) is 5.91 Å². The Kier molecular flexibility index (Phi) is 6.67. The molecule has 2 rings (SSSR count). The molecule has 2 aromatic rings. The van der Waals surface area contributed by atoms with Crippen molar-refractivity contribution in [2.75, 3.05) is 11.9 Å². The van der Waals surface area contributed by atoms with Gasteiger partial charge in [-0.2, -0.15) is 0 Å². The normalized spacial score (nSPS) is 11.8. The molecule has 1 atom stereocenters. The topological polar surface area (TPSA) is 64.3 Å². The van der Waals surface area contributed by atoms with Gasteiger partial charge < -0.3 is 15.8 Å². The Labute approximate surface area is 144 Å². The van der Waals surface area contributed by atoms with Crippen LogP contribution in [0.3, 0.4) is 0 Å². The van der Waals surface area contributed by atoms with Crippen LogP contribution < -0.4 is 15.8 Å². The van der Waals surface area contributed by atoms with Crippen LogP contribution in [0.4, 0.5) is 5.69 Å². The maximum absolute atomic E-state index is 10.8. The molecule has 0 spiro atoms. The second-order valence-electron chi connectivity index (χ2n) is 6.13. The number of ether oxygens (including phenoxy) is 1. The lowest BCUT2D eigenvalue weighted by Crippen LogP contribution is -2.18. The lowest BCUT2D eigenvalue weighted by Gasteiger charge is -2.18. The lowest BCUT2D eigenvalue weighted by atomic mass is 10.0. The van der Waals surface area contributed by atoms with Gasteiger partial charge in [0, 0.05) is 6.04 Å². The van der Waals surface area contributed by atoms with Crippen LogP contribution in [0.25, 0.3) is 0 Å². The molecule has 0 radical (unpaired) electrons. The fourth-order valence-corrected chi connectivity index (χ4v) is 2.56. The van der Waals surface area contributed by atoms with E-state index in [9.17, 15) is 4.79 Å². The molecule has 1 amide bonds. The summed E-state index contributed by atoms with van der Waals surface area (Å²) in [5.74, 6) is 0.396. The zero-order chi connectivity index (χ0) is 17.4. The highest BCUT2D eigenvalue weighted by molar-refractivity contribution is 5.73. The van der Waals surface area contributed by atoms with E-state index in [0.29, 0.717) is 12.6 Å². The molecule has 0 aromatic heterocycles. The first-order chi connectivity index (χ1) is 11.5. The number of benzene rings is 2. The van der Waals surface area contributed by atoms with Gasteiger partial charge in [-0.25, -0.2) is 0 Å². The minimum absolute atomic E-state index is 0.219. The summed E-state index contributed by atoms with van der Waals surface area (Å²) < 4.78 is 5.66. The third-order valence-electron chi connectivity index (χ3n) is 3.84. The molecule has 128 valence electrons. The van der Waals surface area contributed by atoms with Gasteiger partial charge in [0.15, 0.2) is 0 Å². The molecule has 0 aliphatic rings. The number of carbonyl (C=O) groups is 1. The fraction of sp³-hybridized carbons (Fsp3) is 0.350. The quantitative estimate of drug-likeness (QED) is 0.739. The molecular weight excluding hydrogens is 300 g/mol. The number of hydrogen-bond acceptors (Lipinski definition) is 3. The number of aryl methyl sites for hydroxylation is 2. The molecule has 4 heteroatoms. The molecular formula is C20H26N2O2. The third-order valence-corrected chi connectivity index (χ3v) is 3.84. The summed E-state index contributed by atoms with van der Waals surface area (Å²) in [5.41, 5.74) is 8.74. The van der Waals surface area contributed by atoms with Crippen molar-refractivity contribution in [3.05, 3.63) is 59.7 Å². The summed E-state index contributed by atoms with van der Waals surface area (Å²) in [7, 11) is 0. The Morgan fingerprint density at radius 2 is 2.00 bits per heavy atom. The Morgan fingerprint density at radius 1 is 1.21 bits per heavy atom. The molecule has 1 unspecified atom stereocenters. The van der Waals surface area contributed by atoms with E-state index in [2.05, 4.69) is 43.4 Å². The Balaban J connectivity index is 1.88. The third kappa shape index (κ3) is 5.95. The van der Waals surface area contributed by atoms with Gasteiger partial charge in [-0.05, 0) is 44.4 Å². The summed E-state index contributed by atoms with van der Waals surface area (Å²) in [6.45, 7) is 4.58. The van der Waals surface area contributed by atoms with Crippen LogP contribution in [0.2, 0.25) is 0 Å². The standard InChI is InChI=1S/C20H26N2O2/c1-15-6-5-7-17(14-15)11-10-16(2)22-18-8-3-4-9-19(18)24-13-12-20(21)23/h3-9,14,16,22H,10-13H2,1-2H3,(H2,21,23). The van der Waals surface area contributed by atoms with E-state index >= 15 is 0 Å². The van der Waals surface area contributed by atoms with Gasteiger partial charge in [0.25, 0.3) is 0 Å². The molecule has 0 saturated heterocycles. The van der Waals surface area contributed by atoms with Crippen molar-refractivity contribution in [1.29, 1.82) is 0 Å². The first-order valence-electron chi connectivity index (χ1n) is 8.37. The Morgan fingerprint density at radius 3 is 2.75 bits per heavy atom. The van der Waals surface area contributed by atoms with Gasteiger partial charge in [0.1, 0.15) is 5.75 Å². The molecule has 0 saturated carbocycles. The monoisotopic (exact) mass is 326 g/mol. The fourth-order valence-electron chi connectivity index (χ4n) is 2.56. The van der Waals surface area contributed by atoms with Crippen LogP contribution in [0.1, 0.15) is 30.9 Å². The number of nitrogens with one attached hydrogen (secondary N) is 1. The number of rotatable bonds is 9. The van der Waals surface area contributed by atoms with Gasteiger partial charge >= 0.3 is 0 Å². The van der Waals surface area contributed by atoms with E-state index in [1.54, 1.807) is 0 Å². The van der Waals surface area contributed by atoms with Crippen molar-refractivity contribution in [2.45, 2.75) is 39.2 Å². The second-order valence-corrected chi connectivity index (χ2v) is 6.13. The largest absolute Gasteiger partial charge is 0.491 e. The molecule has 0 fully saturated rings. The van der Waals surface area contributed by atoms with Crippen LogP contribution in [0.15, 0.2) is 48.5 Å². The predicted molar refractivity (Wildman–Crippen MR) is 98.3 cm³/mol. The zero-order valence-electron chi connectivity index (χ0n) is 14.4. The SMILES string of the molecule is Cc1cccc(CCC(C)Nc2ccccc2OCCC(N)=O)c1. The van der Waals surface area contributed by atoms with Crippen molar-refractivity contribution in [3.8, 4) is 5.75 Å². The molecule has 3 N–H and O–H groups in total. The average molecular weight is 326 g/mol. The number of nitrogens with two attached hydrogens (primary N) is 1. The molecule has 4 nitrogen and oxygen atoms in total. The average Bonchev–Trinajstić information content (AvgIpc) is 2.54. The zero-order valence-corrected chi connectivity index (χ0v) is 14.4. The van der Waals surface area contributed by atoms with Crippen LogP contribution in [-0.2, 0) is 11.2 Å². The van der Waals surface area contributed by atoms with E-state index in [4.69, 9.17) is 10.5 Å². The van der Waals surface area contributed by atoms with Crippen molar-refractivity contribution in [2.24, 2.45) is 5.73 Å². The number of amides is 1. The van der Waals surface area contributed by atoms with Crippen molar-refractivity contribution < 1.29 is 9.53 Å². The number of primary amides is 1. The van der Waals surface area contributed by atoms with Crippen LogP contribution in [0, 0.1) is 6.92 Å². The maximum Gasteiger partial charge on any atom is 0.220 e. The summed E-state index contributed by atoms with van der Waals surface area (Å²) in [5, 5.41) is 3.49. The maximum atomic E-state index is 10.8. The smallest absolute Gasteiger partial charge is 0.220 e. The predicted octanol–water partition coefficient (Wildman–Crippen LogP) is 3.68. The highest BCUT2D eigenvalue weighted by Crippen LogP contribution is 2.25. The summed E-state index contributed by atoms with van der Waals surface area (Å²) in [4.78, 5) is 10.8. The first-order valence-corrected chi connectivity index (χ1v) is 8.37. The van der Waals surface area contributed by atoms with Crippen LogP contribution >= 0.6 is 0 Å². The minimum Gasteiger partial charge on any atom is -0.491 e. The van der Waals surface area contributed by atoms with E-state index in [-0.39, 0.29) is 12.3 Å². The summed E-state index contributed by atoms with van der Waals surface area (Å²) in [6, 6.07) is 16.7. The summed E-state index contributed by atoms with van der Waals surface area (Å²) in [6.07, 6.45) is 2.27. The van der Waals surface area contributed by atoms with E-state index in [1.165, 1.54) is 11.1 Å². The van der Waals surface area contributed by atoms with Crippen molar-refractivity contribution >= 4 is 11.6 Å². The highest BCUT2D eigenvalue weighted by Gasteiger charge is 2.08. The highest BCUT2D eigenvalue weighted by atomic mass is 16.5. The Hall–Kier alpha value is -2.49. The molecule has 24 heavy (non-hydrogen) atoms.